The minimum absolute atomic E-state index is 0.528. The van der Waals surface area contributed by atoms with E-state index in [0.717, 1.165) is 35.8 Å². The zero-order chi connectivity index (χ0) is 12.1. The Labute approximate surface area is 111 Å². The van der Waals surface area contributed by atoms with Crippen LogP contribution in [0.1, 0.15) is 51.4 Å². The fourth-order valence-corrected chi connectivity index (χ4v) is 5.87. The second kappa shape index (κ2) is 4.49. The van der Waals surface area contributed by atoms with Crippen LogP contribution in [-0.4, -0.2) is 25.3 Å². The summed E-state index contributed by atoms with van der Waals surface area (Å²) >= 11 is 0. The van der Waals surface area contributed by atoms with Crippen molar-refractivity contribution in [2.24, 2.45) is 23.7 Å². The van der Waals surface area contributed by atoms with Crippen LogP contribution in [0.15, 0.2) is 0 Å². The SMILES string of the molecule is COC1CCC(NC2CC3CC2C2CCCC32)C1. The van der Waals surface area contributed by atoms with Gasteiger partial charge in [0.1, 0.15) is 0 Å². The minimum Gasteiger partial charge on any atom is -0.381 e. The Morgan fingerprint density at radius 2 is 1.78 bits per heavy atom. The van der Waals surface area contributed by atoms with E-state index < -0.39 is 0 Å². The molecular weight excluding hydrogens is 222 g/mol. The van der Waals surface area contributed by atoms with Crippen molar-refractivity contribution in [1.29, 1.82) is 0 Å². The molecule has 2 bridgehead atoms. The van der Waals surface area contributed by atoms with Gasteiger partial charge in [0.25, 0.3) is 0 Å². The molecule has 7 atom stereocenters. The van der Waals surface area contributed by atoms with E-state index in [-0.39, 0.29) is 0 Å². The molecule has 4 rings (SSSR count). The number of rotatable bonds is 3. The van der Waals surface area contributed by atoms with Gasteiger partial charge in [-0.05, 0) is 68.6 Å². The Hall–Kier alpha value is -0.0800. The standard InChI is InChI=1S/C16H27NO/c1-18-12-6-5-11(9-12)17-16-8-10-7-15(16)14-4-2-3-13(10)14/h10-17H,2-9H2,1H3. The molecule has 0 aromatic rings. The molecule has 0 amide bonds. The van der Waals surface area contributed by atoms with E-state index >= 15 is 0 Å². The van der Waals surface area contributed by atoms with Crippen LogP contribution in [0.25, 0.3) is 0 Å². The lowest BCUT2D eigenvalue weighted by Crippen LogP contribution is -2.44. The van der Waals surface area contributed by atoms with Gasteiger partial charge in [0.2, 0.25) is 0 Å². The molecule has 0 aromatic carbocycles. The van der Waals surface area contributed by atoms with E-state index in [9.17, 15) is 0 Å². The highest BCUT2D eigenvalue weighted by Gasteiger charge is 2.53. The van der Waals surface area contributed by atoms with Gasteiger partial charge in [-0.15, -0.1) is 0 Å². The molecule has 2 nitrogen and oxygen atoms in total. The first-order valence-electron chi connectivity index (χ1n) is 8.14. The van der Waals surface area contributed by atoms with Crippen molar-refractivity contribution in [3.05, 3.63) is 0 Å². The molecule has 1 N–H and O–H groups in total. The number of methoxy groups -OCH3 is 1. The van der Waals surface area contributed by atoms with Gasteiger partial charge in [0.15, 0.2) is 0 Å². The molecule has 18 heavy (non-hydrogen) atoms. The first-order valence-corrected chi connectivity index (χ1v) is 8.14. The summed E-state index contributed by atoms with van der Waals surface area (Å²) in [7, 11) is 1.87. The van der Waals surface area contributed by atoms with E-state index in [4.69, 9.17) is 4.74 Å². The summed E-state index contributed by atoms with van der Waals surface area (Å²) in [5, 5.41) is 4.01. The Morgan fingerprint density at radius 1 is 0.889 bits per heavy atom. The van der Waals surface area contributed by atoms with Crippen molar-refractivity contribution in [1.82, 2.24) is 5.32 Å². The van der Waals surface area contributed by atoms with Crippen molar-refractivity contribution in [2.45, 2.75) is 69.6 Å². The van der Waals surface area contributed by atoms with Crippen LogP contribution in [0.2, 0.25) is 0 Å². The zero-order valence-corrected chi connectivity index (χ0v) is 11.6. The average molecular weight is 249 g/mol. The molecule has 7 unspecified atom stereocenters. The predicted molar refractivity (Wildman–Crippen MR) is 72.4 cm³/mol. The summed E-state index contributed by atoms with van der Waals surface area (Å²) in [4.78, 5) is 0. The van der Waals surface area contributed by atoms with E-state index in [1.807, 2.05) is 7.11 Å². The van der Waals surface area contributed by atoms with Crippen LogP contribution in [-0.2, 0) is 4.74 Å². The van der Waals surface area contributed by atoms with E-state index in [2.05, 4.69) is 5.32 Å². The zero-order valence-electron chi connectivity index (χ0n) is 11.6. The normalized spacial score (nSPS) is 54.2. The van der Waals surface area contributed by atoms with Gasteiger partial charge in [0, 0.05) is 19.2 Å². The molecule has 0 radical (unpaired) electrons. The molecule has 0 heterocycles. The Morgan fingerprint density at radius 3 is 2.61 bits per heavy atom. The van der Waals surface area contributed by atoms with Crippen LogP contribution in [0.5, 0.6) is 0 Å². The summed E-state index contributed by atoms with van der Waals surface area (Å²) in [6, 6.07) is 1.61. The van der Waals surface area contributed by atoms with Gasteiger partial charge in [-0.1, -0.05) is 6.42 Å². The minimum atomic E-state index is 0.528. The summed E-state index contributed by atoms with van der Waals surface area (Å²) in [6.45, 7) is 0. The molecule has 102 valence electrons. The highest BCUT2D eigenvalue weighted by Crippen LogP contribution is 2.58. The molecule has 4 fully saturated rings. The highest BCUT2D eigenvalue weighted by atomic mass is 16.5. The molecule has 0 saturated heterocycles. The van der Waals surface area contributed by atoms with Crippen molar-refractivity contribution in [3.63, 3.8) is 0 Å². The van der Waals surface area contributed by atoms with Crippen molar-refractivity contribution < 1.29 is 4.74 Å². The van der Waals surface area contributed by atoms with Crippen LogP contribution in [0.3, 0.4) is 0 Å². The number of hydrogen-bond acceptors (Lipinski definition) is 2. The summed E-state index contributed by atoms with van der Waals surface area (Å²) < 4.78 is 5.50. The van der Waals surface area contributed by atoms with Crippen molar-refractivity contribution in [3.8, 4) is 0 Å². The van der Waals surface area contributed by atoms with Gasteiger partial charge in [0.05, 0.1) is 6.10 Å². The number of fused-ring (bicyclic) bond motifs is 5. The van der Waals surface area contributed by atoms with Crippen molar-refractivity contribution in [2.75, 3.05) is 7.11 Å². The van der Waals surface area contributed by atoms with Crippen LogP contribution in [0.4, 0.5) is 0 Å². The first-order chi connectivity index (χ1) is 8.85. The summed E-state index contributed by atoms with van der Waals surface area (Å²) in [6.07, 6.45) is 12.0. The largest absolute Gasteiger partial charge is 0.381 e. The molecule has 4 aliphatic carbocycles. The number of nitrogens with one attached hydrogen (secondary N) is 1. The van der Waals surface area contributed by atoms with Crippen LogP contribution < -0.4 is 5.32 Å². The monoisotopic (exact) mass is 249 g/mol. The topological polar surface area (TPSA) is 21.3 Å². The summed E-state index contributed by atoms with van der Waals surface area (Å²) in [5.41, 5.74) is 0. The third-order valence-electron chi connectivity index (χ3n) is 6.60. The van der Waals surface area contributed by atoms with Gasteiger partial charge in [-0.3, -0.25) is 0 Å². The second-order valence-corrected chi connectivity index (χ2v) is 7.29. The maximum Gasteiger partial charge on any atom is 0.0586 e. The smallest absolute Gasteiger partial charge is 0.0586 e. The van der Waals surface area contributed by atoms with Crippen LogP contribution in [0, 0.1) is 23.7 Å². The van der Waals surface area contributed by atoms with E-state index in [1.54, 1.807) is 12.8 Å². The van der Waals surface area contributed by atoms with Gasteiger partial charge in [-0.2, -0.15) is 0 Å². The fourth-order valence-electron chi connectivity index (χ4n) is 5.87. The Balaban J connectivity index is 1.37. The Bertz CT molecular complexity index is 318. The molecule has 0 spiro atoms. The van der Waals surface area contributed by atoms with Gasteiger partial charge in [-0.25, -0.2) is 0 Å². The summed E-state index contributed by atoms with van der Waals surface area (Å²) in [5.74, 6) is 4.34. The lowest BCUT2D eigenvalue weighted by atomic mass is 9.79. The van der Waals surface area contributed by atoms with E-state index in [1.165, 1.54) is 38.5 Å². The molecule has 2 heteroatoms. The predicted octanol–water partition coefficient (Wildman–Crippen LogP) is 2.97. The second-order valence-electron chi connectivity index (χ2n) is 7.29. The third kappa shape index (κ3) is 1.76. The molecular formula is C16H27NO. The molecule has 0 aromatic heterocycles. The van der Waals surface area contributed by atoms with Gasteiger partial charge < -0.3 is 10.1 Å². The molecule has 0 aliphatic heterocycles. The molecule has 4 saturated carbocycles. The highest BCUT2D eigenvalue weighted by molar-refractivity contribution is 5.06. The average Bonchev–Trinajstić information content (AvgIpc) is 3.10. The quantitative estimate of drug-likeness (QED) is 0.830. The number of ether oxygens (including phenoxy) is 1. The lowest BCUT2D eigenvalue weighted by Gasteiger charge is -2.34. The van der Waals surface area contributed by atoms with Gasteiger partial charge >= 0.3 is 0 Å². The maximum absolute atomic E-state index is 5.50. The van der Waals surface area contributed by atoms with Crippen LogP contribution >= 0.6 is 0 Å². The Kier molecular flexibility index (Phi) is 2.92. The lowest BCUT2D eigenvalue weighted by molar-refractivity contribution is 0.105. The first kappa shape index (κ1) is 11.7. The fraction of sp³-hybridized carbons (Fsp3) is 1.00. The van der Waals surface area contributed by atoms with E-state index in [0.29, 0.717) is 6.10 Å². The third-order valence-corrected chi connectivity index (χ3v) is 6.60. The molecule has 4 aliphatic rings. The maximum atomic E-state index is 5.50. The van der Waals surface area contributed by atoms with Crippen molar-refractivity contribution >= 4 is 0 Å². The number of hydrogen-bond donors (Lipinski definition) is 1.